The van der Waals surface area contributed by atoms with Crippen LogP contribution in [0.5, 0.6) is 5.75 Å². The van der Waals surface area contributed by atoms with Gasteiger partial charge in [0.2, 0.25) is 0 Å². The molecule has 2 aromatic rings. The quantitative estimate of drug-likeness (QED) is 0.667. The van der Waals surface area contributed by atoms with Crippen LogP contribution in [-0.4, -0.2) is 0 Å². The highest BCUT2D eigenvalue weighted by Crippen LogP contribution is 2.26. The minimum atomic E-state index is 0.586. The van der Waals surface area contributed by atoms with Crippen LogP contribution in [0.15, 0.2) is 36.4 Å². The monoisotopic (exact) mass is 353 g/mol. The van der Waals surface area contributed by atoms with E-state index in [1.165, 1.54) is 9.13 Å². The van der Waals surface area contributed by atoms with E-state index in [2.05, 4.69) is 46.9 Å². The molecule has 3 heteroatoms. The maximum absolute atomic E-state index is 5.89. The van der Waals surface area contributed by atoms with E-state index < -0.39 is 0 Å². The zero-order valence-corrected chi connectivity index (χ0v) is 12.7. The van der Waals surface area contributed by atoms with Gasteiger partial charge < -0.3 is 10.5 Å². The van der Waals surface area contributed by atoms with E-state index in [1.807, 2.05) is 26.0 Å². The van der Waals surface area contributed by atoms with Crippen molar-refractivity contribution in [3.05, 3.63) is 56.7 Å². The second kappa shape index (κ2) is 5.61. The van der Waals surface area contributed by atoms with Crippen molar-refractivity contribution in [3.63, 3.8) is 0 Å². The summed E-state index contributed by atoms with van der Waals surface area (Å²) in [6.45, 7) is 4.63. The number of aryl methyl sites for hydroxylation is 2. The van der Waals surface area contributed by atoms with Crippen molar-refractivity contribution in [2.75, 3.05) is 5.73 Å². The molecule has 94 valence electrons. The van der Waals surface area contributed by atoms with Gasteiger partial charge in [-0.25, -0.2) is 0 Å². The van der Waals surface area contributed by atoms with Crippen molar-refractivity contribution in [3.8, 4) is 5.75 Å². The van der Waals surface area contributed by atoms with E-state index >= 15 is 0 Å². The van der Waals surface area contributed by atoms with Gasteiger partial charge in [0.15, 0.2) is 0 Å². The van der Waals surface area contributed by atoms with Gasteiger partial charge in [-0.15, -0.1) is 0 Å². The third-order valence-electron chi connectivity index (χ3n) is 2.78. The van der Waals surface area contributed by atoms with Crippen molar-refractivity contribution in [2.24, 2.45) is 0 Å². The summed E-state index contributed by atoms with van der Waals surface area (Å²) in [5.74, 6) is 0.933. The molecule has 0 radical (unpaired) electrons. The van der Waals surface area contributed by atoms with Gasteiger partial charge in [-0.05, 0) is 77.4 Å². The van der Waals surface area contributed by atoms with E-state index in [0.717, 1.165) is 22.6 Å². The molecule has 2 aromatic carbocycles. The van der Waals surface area contributed by atoms with Crippen LogP contribution in [0.25, 0.3) is 0 Å². The third kappa shape index (κ3) is 3.16. The molecule has 0 atom stereocenters. The summed E-state index contributed by atoms with van der Waals surface area (Å²) in [5.41, 5.74) is 9.92. The fourth-order valence-electron chi connectivity index (χ4n) is 1.95. The number of ether oxygens (including phenoxy) is 1. The topological polar surface area (TPSA) is 35.2 Å². The first-order chi connectivity index (χ1) is 8.56. The number of hydrogen-bond donors (Lipinski definition) is 1. The van der Waals surface area contributed by atoms with Crippen LogP contribution in [0.4, 0.5) is 5.69 Å². The van der Waals surface area contributed by atoms with E-state index in [9.17, 15) is 0 Å². The first-order valence-electron chi connectivity index (χ1n) is 5.80. The van der Waals surface area contributed by atoms with Crippen molar-refractivity contribution in [1.82, 2.24) is 0 Å². The summed E-state index contributed by atoms with van der Waals surface area (Å²) in [6.07, 6.45) is 0. The molecular weight excluding hydrogens is 337 g/mol. The van der Waals surface area contributed by atoms with Crippen molar-refractivity contribution < 1.29 is 4.74 Å². The van der Waals surface area contributed by atoms with Crippen molar-refractivity contribution >= 4 is 28.3 Å². The lowest BCUT2D eigenvalue weighted by atomic mass is 10.1. The van der Waals surface area contributed by atoms with Gasteiger partial charge in [-0.1, -0.05) is 12.1 Å². The van der Waals surface area contributed by atoms with E-state index in [-0.39, 0.29) is 0 Å². The summed E-state index contributed by atoms with van der Waals surface area (Å²) in [7, 11) is 0. The summed E-state index contributed by atoms with van der Waals surface area (Å²) in [5, 5.41) is 0. The SMILES string of the molecule is Cc1cc(N)cc(C)c1OCc1ccc(I)cc1. The Kier molecular flexibility index (Phi) is 4.11. The maximum atomic E-state index is 5.89. The van der Waals surface area contributed by atoms with Gasteiger partial charge in [0.05, 0.1) is 0 Å². The third-order valence-corrected chi connectivity index (χ3v) is 3.50. The van der Waals surface area contributed by atoms with E-state index in [4.69, 9.17) is 10.5 Å². The molecule has 0 saturated heterocycles. The lowest BCUT2D eigenvalue weighted by molar-refractivity contribution is 0.302. The van der Waals surface area contributed by atoms with Gasteiger partial charge in [-0.2, -0.15) is 0 Å². The molecule has 0 aromatic heterocycles. The van der Waals surface area contributed by atoms with Gasteiger partial charge in [0.25, 0.3) is 0 Å². The first-order valence-corrected chi connectivity index (χ1v) is 6.88. The Balaban J connectivity index is 2.13. The normalized spacial score (nSPS) is 10.4. The molecule has 0 unspecified atom stereocenters. The zero-order valence-electron chi connectivity index (χ0n) is 10.5. The minimum absolute atomic E-state index is 0.586. The van der Waals surface area contributed by atoms with Crippen LogP contribution in [0.3, 0.4) is 0 Å². The van der Waals surface area contributed by atoms with Crippen molar-refractivity contribution in [1.29, 1.82) is 0 Å². The predicted octanol–water partition coefficient (Wildman–Crippen LogP) is 4.07. The largest absolute Gasteiger partial charge is 0.488 e. The van der Waals surface area contributed by atoms with Crippen LogP contribution in [0, 0.1) is 17.4 Å². The van der Waals surface area contributed by atoms with Gasteiger partial charge in [0, 0.05) is 9.26 Å². The van der Waals surface area contributed by atoms with Crippen molar-refractivity contribution in [2.45, 2.75) is 20.5 Å². The van der Waals surface area contributed by atoms with Crippen LogP contribution in [0.2, 0.25) is 0 Å². The molecule has 2 nitrogen and oxygen atoms in total. The number of hydrogen-bond acceptors (Lipinski definition) is 2. The summed E-state index contributed by atoms with van der Waals surface area (Å²) < 4.78 is 7.12. The highest BCUT2D eigenvalue weighted by atomic mass is 127. The lowest BCUT2D eigenvalue weighted by Crippen LogP contribution is -2.00. The molecule has 0 amide bonds. The fourth-order valence-corrected chi connectivity index (χ4v) is 2.31. The van der Waals surface area contributed by atoms with Gasteiger partial charge in [0.1, 0.15) is 12.4 Å². The summed E-state index contributed by atoms with van der Waals surface area (Å²) >= 11 is 2.30. The maximum Gasteiger partial charge on any atom is 0.125 e. The summed E-state index contributed by atoms with van der Waals surface area (Å²) in [4.78, 5) is 0. The molecule has 0 aliphatic rings. The highest BCUT2D eigenvalue weighted by Gasteiger charge is 2.05. The molecule has 0 spiro atoms. The molecular formula is C15H16INO. The van der Waals surface area contributed by atoms with Crippen LogP contribution in [-0.2, 0) is 6.61 Å². The zero-order chi connectivity index (χ0) is 13.1. The van der Waals surface area contributed by atoms with Gasteiger partial charge >= 0.3 is 0 Å². The number of halogens is 1. The second-order valence-electron chi connectivity index (χ2n) is 4.40. The Hall–Kier alpha value is -1.23. The molecule has 2 N–H and O–H groups in total. The second-order valence-corrected chi connectivity index (χ2v) is 5.64. The number of benzene rings is 2. The molecule has 0 saturated carbocycles. The van der Waals surface area contributed by atoms with E-state index in [0.29, 0.717) is 6.61 Å². The highest BCUT2D eigenvalue weighted by molar-refractivity contribution is 14.1. The molecule has 0 heterocycles. The standard InChI is InChI=1S/C15H16INO/c1-10-7-14(17)8-11(2)15(10)18-9-12-3-5-13(16)6-4-12/h3-8H,9,17H2,1-2H3. The molecule has 2 rings (SSSR count). The smallest absolute Gasteiger partial charge is 0.125 e. The van der Waals surface area contributed by atoms with E-state index in [1.54, 1.807) is 0 Å². The van der Waals surface area contributed by atoms with Gasteiger partial charge in [-0.3, -0.25) is 0 Å². The van der Waals surface area contributed by atoms with Crippen LogP contribution >= 0.6 is 22.6 Å². The Morgan fingerprint density at radius 1 is 1.06 bits per heavy atom. The first kappa shape index (κ1) is 13.2. The number of nitrogen functional groups attached to an aromatic ring is 1. The molecule has 0 bridgehead atoms. The summed E-state index contributed by atoms with van der Waals surface area (Å²) in [6, 6.07) is 12.2. The number of nitrogens with two attached hydrogens (primary N) is 1. The Labute approximate surface area is 121 Å². The molecule has 0 aliphatic heterocycles. The Bertz CT molecular complexity index is 526. The number of anilines is 1. The fraction of sp³-hybridized carbons (Fsp3) is 0.200. The minimum Gasteiger partial charge on any atom is -0.488 e. The Morgan fingerprint density at radius 2 is 1.61 bits per heavy atom. The average molecular weight is 353 g/mol. The molecule has 18 heavy (non-hydrogen) atoms. The van der Waals surface area contributed by atoms with Crippen LogP contribution < -0.4 is 10.5 Å². The Morgan fingerprint density at radius 3 is 2.17 bits per heavy atom. The number of rotatable bonds is 3. The van der Waals surface area contributed by atoms with Crippen LogP contribution in [0.1, 0.15) is 16.7 Å². The molecule has 0 fully saturated rings. The lowest BCUT2D eigenvalue weighted by Gasteiger charge is -2.13. The average Bonchev–Trinajstić information content (AvgIpc) is 2.30. The predicted molar refractivity (Wildman–Crippen MR) is 83.8 cm³/mol. The molecule has 0 aliphatic carbocycles.